The van der Waals surface area contributed by atoms with E-state index in [4.69, 9.17) is 4.74 Å². The van der Waals surface area contributed by atoms with E-state index < -0.39 is 11.6 Å². The lowest BCUT2D eigenvalue weighted by Gasteiger charge is -2.33. The van der Waals surface area contributed by atoms with Gasteiger partial charge in [0.2, 0.25) is 0 Å². The Morgan fingerprint density at radius 1 is 1.39 bits per heavy atom. The molecular formula is C20H24BrFN4O2. The van der Waals surface area contributed by atoms with Crippen LogP contribution in [0.25, 0.3) is 0 Å². The lowest BCUT2D eigenvalue weighted by molar-refractivity contribution is 0.0813. The highest BCUT2D eigenvalue weighted by Crippen LogP contribution is 2.35. The number of carbonyl (C=O) groups excluding carboxylic acids is 1. The third-order valence-electron chi connectivity index (χ3n) is 4.80. The molecule has 150 valence electrons. The molecule has 0 fully saturated rings. The molecule has 0 spiro atoms. The van der Waals surface area contributed by atoms with Crippen LogP contribution in [-0.2, 0) is 11.2 Å². The SMILES string of the molecule is CN1CCC(OC(=O)NC(C)(C)CCc2cncc(F)c2)c2ncc(Br)cc21. The van der Waals surface area contributed by atoms with Gasteiger partial charge in [0.05, 0.1) is 11.9 Å². The minimum atomic E-state index is -0.509. The van der Waals surface area contributed by atoms with Crippen LogP contribution in [0.1, 0.15) is 44.1 Å². The zero-order valence-electron chi connectivity index (χ0n) is 16.2. The third-order valence-corrected chi connectivity index (χ3v) is 5.23. The molecular weight excluding hydrogens is 427 g/mol. The largest absolute Gasteiger partial charge is 0.440 e. The molecule has 8 heteroatoms. The van der Waals surface area contributed by atoms with Gasteiger partial charge in [0, 0.05) is 42.4 Å². The van der Waals surface area contributed by atoms with Gasteiger partial charge in [-0.3, -0.25) is 9.97 Å². The van der Waals surface area contributed by atoms with Crippen molar-refractivity contribution in [1.82, 2.24) is 15.3 Å². The van der Waals surface area contributed by atoms with Gasteiger partial charge < -0.3 is 15.0 Å². The van der Waals surface area contributed by atoms with Crippen molar-refractivity contribution >= 4 is 27.7 Å². The number of rotatable bonds is 5. The molecule has 0 aliphatic carbocycles. The number of amides is 1. The van der Waals surface area contributed by atoms with Crippen LogP contribution in [0.5, 0.6) is 0 Å². The van der Waals surface area contributed by atoms with Crippen molar-refractivity contribution in [2.45, 2.75) is 44.8 Å². The summed E-state index contributed by atoms with van der Waals surface area (Å²) in [7, 11) is 1.99. The highest BCUT2D eigenvalue weighted by molar-refractivity contribution is 9.10. The van der Waals surface area contributed by atoms with Gasteiger partial charge in [-0.25, -0.2) is 9.18 Å². The fraction of sp³-hybridized carbons (Fsp3) is 0.450. The summed E-state index contributed by atoms with van der Waals surface area (Å²) in [5, 5.41) is 2.92. The molecule has 6 nitrogen and oxygen atoms in total. The molecule has 0 saturated carbocycles. The maximum Gasteiger partial charge on any atom is 0.408 e. The highest BCUT2D eigenvalue weighted by atomic mass is 79.9. The van der Waals surface area contributed by atoms with E-state index in [1.807, 2.05) is 27.0 Å². The maximum absolute atomic E-state index is 13.3. The number of fused-ring (bicyclic) bond motifs is 1. The molecule has 1 atom stereocenters. The van der Waals surface area contributed by atoms with Gasteiger partial charge in [0.1, 0.15) is 17.6 Å². The normalized spacial score (nSPS) is 16.5. The van der Waals surface area contributed by atoms with Gasteiger partial charge in [-0.2, -0.15) is 0 Å². The lowest BCUT2D eigenvalue weighted by atomic mass is 9.96. The van der Waals surface area contributed by atoms with Crippen LogP contribution in [0, 0.1) is 5.82 Å². The number of anilines is 1. The summed E-state index contributed by atoms with van der Waals surface area (Å²) in [6, 6.07) is 3.44. The zero-order chi connectivity index (χ0) is 20.3. The molecule has 0 bridgehead atoms. The van der Waals surface area contributed by atoms with Gasteiger partial charge >= 0.3 is 6.09 Å². The number of hydrogen-bond acceptors (Lipinski definition) is 5. The van der Waals surface area contributed by atoms with Crippen molar-refractivity contribution in [2.75, 3.05) is 18.5 Å². The van der Waals surface area contributed by atoms with Gasteiger partial charge in [-0.05, 0) is 60.3 Å². The van der Waals surface area contributed by atoms with E-state index in [-0.39, 0.29) is 11.9 Å². The van der Waals surface area contributed by atoms with Crippen LogP contribution in [0.4, 0.5) is 14.9 Å². The Morgan fingerprint density at radius 2 is 2.18 bits per heavy atom. The van der Waals surface area contributed by atoms with Gasteiger partial charge in [0.25, 0.3) is 0 Å². The highest BCUT2D eigenvalue weighted by Gasteiger charge is 2.30. The molecule has 2 aromatic rings. The summed E-state index contributed by atoms with van der Waals surface area (Å²) >= 11 is 3.43. The molecule has 0 aromatic carbocycles. The molecule has 2 aromatic heterocycles. The summed E-state index contributed by atoms with van der Waals surface area (Å²) in [6.45, 7) is 4.61. The van der Waals surface area contributed by atoms with Crippen LogP contribution in [0.2, 0.25) is 0 Å². The number of alkyl carbamates (subject to hydrolysis) is 1. The Labute approximate surface area is 172 Å². The third kappa shape index (κ3) is 5.19. The van der Waals surface area contributed by atoms with E-state index in [1.165, 1.54) is 12.3 Å². The zero-order valence-corrected chi connectivity index (χ0v) is 17.8. The van der Waals surface area contributed by atoms with Crippen molar-refractivity contribution in [3.8, 4) is 0 Å². The Balaban J connectivity index is 1.60. The summed E-state index contributed by atoms with van der Waals surface area (Å²) in [5.74, 6) is -0.359. The van der Waals surface area contributed by atoms with Gasteiger partial charge in [0.15, 0.2) is 0 Å². The number of hydrogen-bond donors (Lipinski definition) is 1. The second-order valence-corrected chi connectivity index (χ2v) is 8.60. The first-order valence-electron chi connectivity index (χ1n) is 9.18. The van der Waals surface area contributed by atoms with Crippen LogP contribution in [0.3, 0.4) is 0 Å². The Bertz CT molecular complexity index is 862. The van der Waals surface area contributed by atoms with E-state index in [0.29, 0.717) is 19.3 Å². The van der Waals surface area contributed by atoms with E-state index in [2.05, 4.69) is 36.1 Å². The van der Waals surface area contributed by atoms with Crippen LogP contribution < -0.4 is 10.2 Å². The average Bonchev–Trinajstić information content (AvgIpc) is 2.62. The summed E-state index contributed by atoms with van der Waals surface area (Å²) in [4.78, 5) is 22.9. The van der Waals surface area contributed by atoms with Crippen molar-refractivity contribution in [3.05, 3.63) is 52.3 Å². The van der Waals surface area contributed by atoms with Crippen LogP contribution in [0.15, 0.2) is 35.2 Å². The fourth-order valence-electron chi connectivity index (χ4n) is 3.22. The number of pyridine rings is 2. The Morgan fingerprint density at radius 3 is 2.93 bits per heavy atom. The van der Waals surface area contributed by atoms with Crippen molar-refractivity contribution in [1.29, 1.82) is 0 Å². The van der Waals surface area contributed by atoms with Crippen molar-refractivity contribution < 1.29 is 13.9 Å². The van der Waals surface area contributed by atoms with E-state index >= 15 is 0 Å². The predicted octanol–water partition coefficient (Wildman–Crippen LogP) is 4.40. The number of ether oxygens (including phenoxy) is 1. The monoisotopic (exact) mass is 450 g/mol. The molecule has 0 saturated heterocycles. The molecule has 1 aliphatic rings. The molecule has 28 heavy (non-hydrogen) atoms. The smallest absolute Gasteiger partial charge is 0.408 e. The first-order valence-corrected chi connectivity index (χ1v) is 9.97. The number of carbonyl (C=O) groups is 1. The summed E-state index contributed by atoms with van der Waals surface area (Å²) in [6.07, 6.45) is 5.57. The topological polar surface area (TPSA) is 67.3 Å². The van der Waals surface area contributed by atoms with E-state index in [1.54, 1.807) is 12.4 Å². The molecule has 0 radical (unpaired) electrons. The van der Waals surface area contributed by atoms with Gasteiger partial charge in [-0.15, -0.1) is 0 Å². The average molecular weight is 451 g/mol. The second kappa shape index (κ2) is 8.43. The second-order valence-electron chi connectivity index (χ2n) is 7.68. The first-order chi connectivity index (χ1) is 13.2. The summed E-state index contributed by atoms with van der Waals surface area (Å²) in [5.41, 5.74) is 2.00. The molecule has 1 aliphatic heterocycles. The summed E-state index contributed by atoms with van der Waals surface area (Å²) < 4.78 is 19.8. The van der Waals surface area contributed by atoms with Gasteiger partial charge in [-0.1, -0.05) is 0 Å². The standard InChI is InChI=1S/C20H24BrFN4O2/c1-20(2,6-4-13-8-15(22)12-23-10-13)25-19(27)28-17-5-7-26(3)16-9-14(21)11-24-18(16)17/h8-12,17H,4-7H2,1-3H3,(H,25,27). The number of nitrogens with zero attached hydrogens (tertiary/aromatic N) is 3. The van der Waals surface area contributed by atoms with E-state index in [9.17, 15) is 9.18 Å². The van der Waals surface area contributed by atoms with Crippen molar-refractivity contribution in [2.24, 2.45) is 0 Å². The van der Waals surface area contributed by atoms with E-state index in [0.717, 1.165) is 28.0 Å². The number of nitrogens with one attached hydrogen (secondary N) is 1. The van der Waals surface area contributed by atoms with Crippen LogP contribution >= 0.6 is 15.9 Å². The Hall–Kier alpha value is -2.22. The van der Waals surface area contributed by atoms with Crippen LogP contribution in [-0.4, -0.2) is 35.2 Å². The lowest BCUT2D eigenvalue weighted by Crippen LogP contribution is -2.45. The molecule has 3 heterocycles. The van der Waals surface area contributed by atoms with Crippen molar-refractivity contribution in [3.63, 3.8) is 0 Å². The number of halogens is 2. The Kier molecular flexibility index (Phi) is 6.17. The molecule has 1 amide bonds. The molecule has 1 unspecified atom stereocenters. The molecule has 3 rings (SSSR count). The quantitative estimate of drug-likeness (QED) is 0.730. The number of aryl methyl sites for hydroxylation is 1. The molecule has 1 N–H and O–H groups in total. The maximum atomic E-state index is 13.3. The first kappa shape index (κ1) is 20.5. The number of aromatic nitrogens is 2. The minimum Gasteiger partial charge on any atom is -0.440 e. The minimum absolute atomic E-state index is 0.359. The fourth-order valence-corrected chi connectivity index (χ4v) is 3.54. The predicted molar refractivity (Wildman–Crippen MR) is 109 cm³/mol.